The molecule has 0 atom stereocenters. The average molecular weight is 275 g/mol. The van der Waals surface area contributed by atoms with Crippen molar-refractivity contribution >= 4 is 5.82 Å². The van der Waals surface area contributed by atoms with E-state index in [9.17, 15) is 0 Å². The quantitative estimate of drug-likeness (QED) is 0.891. The van der Waals surface area contributed by atoms with E-state index >= 15 is 0 Å². The number of nitrogens with zero attached hydrogens (tertiary/aromatic N) is 2. The van der Waals surface area contributed by atoms with Crippen molar-refractivity contribution in [1.29, 1.82) is 0 Å². The summed E-state index contributed by atoms with van der Waals surface area (Å²) in [6.45, 7) is 9.84. The Kier molecular flexibility index (Phi) is 5.84. The molecule has 0 unspecified atom stereocenters. The van der Waals surface area contributed by atoms with Crippen molar-refractivity contribution in [2.75, 3.05) is 18.0 Å². The third kappa shape index (κ3) is 4.48. The molecule has 0 radical (unpaired) electrons. The highest BCUT2D eigenvalue weighted by atomic mass is 15.2. The Morgan fingerprint density at radius 2 is 1.85 bits per heavy atom. The van der Waals surface area contributed by atoms with E-state index in [0.717, 1.165) is 26.1 Å². The lowest BCUT2D eigenvalue weighted by atomic mass is 10.1. The summed E-state index contributed by atoms with van der Waals surface area (Å²) in [4.78, 5) is 7.32. The van der Waals surface area contributed by atoms with E-state index in [-0.39, 0.29) is 0 Å². The molecule has 0 aromatic carbocycles. The summed E-state index contributed by atoms with van der Waals surface area (Å²) in [6, 6.07) is 5.05. The van der Waals surface area contributed by atoms with Crippen LogP contribution in [0.3, 0.4) is 0 Å². The van der Waals surface area contributed by atoms with Crippen LogP contribution in [0.4, 0.5) is 5.82 Å². The van der Waals surface area contributed by atoms with Gasteiger partial charge >= 0.3 is 0 Å². The van der Waals surface area contributed by atoms with E-state index in [4.69, 9.17) is 4.98 Å². The number of hydrogen-bond acceptors (Lipinski definition) is 3. The monoisotopic (exact) mass is 275 g/mol. The van der Waals surface area contributed by atoms with Gasteiger partial charge in [0.2, 0.25) is 0 Å². The third-order valence-corrected chi connectivity index (χ3v) is 3.93. The van der Waals surface area contributed by atoms with E-state index in [0.29, 0.717) is 6.04 Å². The molecule has 0 amide bonds. The summed E-state index contributed by atoms with van der Waals surface area (Å²) in [5.41, 5.74) is 2.58. The highest BCUT2D eigenvalue weighted by molar-refractivity contribution is 5.43. The Bertz CT molecular complexity index is 407. The number of nitrogens with one attached hydrogen (secondary N) is 1. The second kappa shape index (κ2) is 7.63. The summed E-state index contributed by atoms with van der Waals surface area (Å²) < 4.78 is 0. The minimum Gasteiger partial charge on any atom is -0.357 e. The van der Waals surface area contributed by atoms with Gasteiger partial charge in [0.25, 0.3) is 0 Å². The lowest BCUT2D eigenvalue weighted by Gasteiger charge is -2.23. The fraction of sp³-hybridized carbons (Fsp3) is 0.706. The van der Waals surface area contributed by atoms with Crippen molar-refractivity contribution in [3.05, 3.63) is 23.4 Å². The molecule has 20 heavy (non-hydrogen) atoms. The highest BCUT2D eigenvalue weighted by Crippen LogP contribution is 2.20. The zero-order chi connectivity index (χ0) is 14.4. The molecule has 3 nitrogen and oxygen atoms in total. The van der Waals surface area contributed by atoms with Crippen LogP contribution in [0.2, 0.25) is 0 Å². The summed E-state index contributed by atoms with van der Waals surface area (Å²) in [5, 5.41) is 3.51. The van der Waals surface area contributed by atoms with Gasteiger partial charge in [-0.2, -0.15) is 0 Å². The Morgan fingerprint density at radius 1 is 1.15 bits per heavy atom. The predicted octanol–water partition coefficient (Wildman–Crippen LogP) is 3.52. The van der Waals surface area contributed by atoms with Crippen molar-refractivity contribution < 1.29 is 0 Å². The average Bonchev–Trinajstić information content (AvgIpc) is 2.73. The van der Waals surface area contributed by atoms with Crippen LogP contribution in [-0.4, -0.2) is 24.1 Å². The molecule has 1 saturated heterocycles. The summed E-state index contributed by atoms with van der Waals surface area (Å²) in [5.74, 6) is 1.19. The van der Waals surface area contributed by atoms with Crippen molar-refractivity contribution in [3.8, 4) is 0 Å². The molecule has 2 heterocycles. The molecule has 2 rings (SSSR count). The molecule has 1 fully saturated rings. The number of rotatable bonds is 5. The molecule has 0 saturated carbocycles. The Morgan fingerprint density at radius 3 is 2.45 bits per heavy atom. The van der Waals surface area contributed by atoms with Crippen molar-refractivity contribution in [2.45, 2.75) is 65.5 Å². The fourth-order valence-electron chi connectivity index (χ4n) is 2.70. The maximum absolute atomic E-state index is 4.84. The van der Waals surface area contributed by atoms with Crippen molar-refractivity contribution in [2.24, 2.45) is 0 Å². The van der Waals surface area contributed by atoms with Crippen LogP contribution in [0.5, 0.6) is 0 Å². The number of aryl methyl sites for hydroxylation is 1. The molecular formula is C17H29N3. The van der Waals surface area contributed by atoms with E-state index in [1.54, 1.807) is 0 Å². The second-order valence-electron chi connectivity index (χ2n) is 6.12. The third-order valence-electron chi connectivity index (χ3n) is 3.93. The summed E-state index contributed by atoms with van der Waals surface area (Å²) in [7, 11) is 0. The second-order valence-corrected chi connectivity index (χ2v) is 6.12. The smallest absolute Gasteiger partial charge is 0.129 e. The first kappa shape index (κ1) is 15.3. The Balaban J connectivity index is 2.15. The molecule has 0 aliphatic carbocycles. The number of hydrogen-bond donors (Lipinski definition) is 1. The van der Waals surface area contributed by atoms with Crippen LogP contribution in [0.25, 0.3) is 0 Å². The van der Waals surface area contributed by atoms with E-state index in [2.05, 4.69) is 43.1 Å². The van der Waals surface area contributed by atoms with Crippen molar-refractivity contribution in [1.82, 2.24) is 10.3 Å². The van der Waals surface area contributed by atoms with Gasteiger partial charge in [-0.15, -0.1) is 0 Å². The van der Waals surface area contributed by atoms with Gasteiger partial charge < -0.3 is 10.2 Å². The molecule has 1 N–H and O–H groups in total. The van der Waals surface area contributed by atoms with Gasteiger partial charge in [0.15, 0.2) is 0 Å². The topological polar surface area (TPSA) is 28.2 Å². The van der Waals surface area contributed by atoms with Gasteiger partial charge in [0.05, 0.1) is 0 Å². The lowest BCUT2D eigenvalue weighted by molar-refractivity contribution is 0.588. The van der Waals surface area contributed by atoms with E-state index in [1.807, 2.05) is 0 Å². The first-order valence-corrected chi connectivity index (χ1v) is 8.17. The maximum atomic E-state index is 4.84. The zero-order valence-corrected chi connectivity index (χ0v) is 13.3. The van der Waals surface area contributed by atoms with Crippen LogP contribution in [0.15, 0.2) is 12.1 Å². The van der Waals surface area contributed by atoms with Gasteiger partial charge in [0.1, 0.15) is 5.82 Å². The van der Waals surface area contributed by atoms with Crippen LogP contribution in [0, 0.1) is 0 Å². The Labute approximate surface area is 123 Å². The van der Waals surface area contributed by atoms with Crippen LogP contribution in [0.1, 0.15) is 57.7 Å². The standard InChI is InChI=1S/C17H29N3/c1-4-16-11-15(13-18-14(2)3)12-17(19-16)20-9-7-5-6-8-10-20/h11-12,14,18H,4-10,13H2,1-3H3. The predicted molar refractivity (Wildman–Crippen MR) is 86.3 cm³/mol. The van der Waals surface area contributed by atoms with Gasteiger partial charge in [-0.3, -0.25) is 0 Å². The minimum atomic E-state index is 0.523. The number of aromatic nitrogens is 1. The maximum Gasteiger partial charge on any atom is 0.129 e. The minimum absolute atomic E-state index is 0.523. The van der Waals surface area contributed by atoms with E-state index in [1.165, 1.54) is 42.8 Å². The first-order valence-electron chi connectivity index (χ1n) is 8.17. The number of anilines is 1. The molecule has 1 aromatic heterocycles. The number of pyridine rings is 1. The van der Waals surface area contributed by atoms with Gasteiger partial charge in [-0.05, 0) is 37.0 Å². The SMILES string of the molecule is CCc1cc(CNC(C)C)cc(N2CCCCCC2)n1. The van der Waals surface area contributed by atoms with Gasteiger partial charge in [-0.1, -0.05) is 33.6 Å². The molecule has 1 aliphatic heterocycles. The van der Waals surface area contributed by atoms with E-state index < -0.39 is 0 Å². The normalized spacial score (nSPS) is 16.5. The van der Waals surface area contributed by atoms with Gasteiger partial charge in [0, 0.05) is 31.4 Å². The van der Waals surface area contributed by atoms with Crippen LogP contribution in [-0.2, 0) is 13.0 Å². The molecule has 0 bridgehead atoms. The summed E-state index contributed by atoms with van der Waals surface area (Å²) in [6.07, 6.45) is 6.35. The van der Waals surface area contributed by atoms with Crippen LogP contribution >= 0.6 is 0 Å². The zero-order valence-electron chi connectivity index (χ0n) is 13.3. The molecule has 0 spiro atoms. The molecule has 1 aromatic rings. The van der Waals surface area contributed by atoms with Crippen LogP contribution < -0.4 is 10.2 Å². The highest BCUT2D eigenvalue weighted by Gasteiger charge is 2.12. The summed E-state index contributed by atoms with van der Waals surface area (Å²) >= 11 is 0. The van der Waals surface area contributed by atoms with Crippen molar-refractivity contribution in [3.63, 3.8) is 0 Å². The molecule has 112 valence electrons. The fourth-order valence-corrected chi connectivity index (χ4v) is 2.70. The van der Waals surface area contributed by atoms with Gasteiger partial charge in [-0.25, -0.2) is 4.98 Å². The molecule has 1 aliphatic rings. The molecule has 3 heteroatoms. The molecular weight excluding hydrogens is 246 g/mol. The lowest BCUT2D eigenvalue weighted by Crippen LogP contribution is -2.26. The first-order chi connectivity index (χ1) is 9.69. The largest absolute Gasteiger partial charge is 0.357 e. The Hall–Kier alpha value is -1.09.